The van der Waals surface area contributed by atoms with Gasteiger partial charge < -0.3 is 14.8 Å². The van der Waals surface area contributed by atoms with Crippen molar-refractivity contribution in [3.8, 4) is 5.75 Å². The molecule has 1 aromatic heterocycles. The highest BCUT2D eigenvalue weighted by atomic mass is 79.9. The van der Waals surface area contributed by atoms with Crippen LogP contribution < -0.4 is 0 Å². The largest absolute Gasteiger partial charge is 0.507 e. The summed E-state index contributed by atoms with van der Waals surface area (Å²) in [6, 6.07) is 11.9. The first-order chi connectivity index (χ1) is 11.9. The van der Waals surface area contributed by atoms with Gasteiger partial charge in [0.1, 0.15) is 11.3 Å². The standard InChI is InChI=1S/C19H16BrNO4/c1-10-17(13-5-3-4-6-15(13)21-10)18(23)11(2)25-19(24)14-9-12(20)7-8-16(14)22/h3-9,11,21-22H,1-2H3/t11-/m0/s1. The van der Waals surface area contributed by atoms with Crippen molar-refractivity contribution >= 4 is 38.6 Å². The van der Waals surface area contributed by atoms with E-state index in [0.717, 1.165) is 16.6 Å². The van der Waals surface area contributed by atoms with E-state index in [0.29, 0.717) is 10.0 Å². The number of nitrogens with one attached hydrogen (secondary N) is 1. The van der Waals surface area contributed by atoms with Gasteiger partial charge in [0.15, 0.2) is 6.10 Å². The Morgan fingerprint density at radius 2 is 1.92 bits per heavy atom. The van der Waals surface area contributed by atoms with Gasteiger partial charge in [0.2, 0.25) is 5.78 Å². The van der Waals surface area contributed by atoms with Gasteiger partial charge >= 0.3 is 5.97 Å². The Bertz CT molecular complexity index is 977. The number of H-pyrrole nitrogens is 1. The molecule has 0 spiro atoms. The van der Waals surface area contributed by atoms with Crippen LogP contribution in [-0.4, -0.2) is 27.9 Å². The number of ketones is 1. The summed E-state index contributed by atoms with van der Waals surface area (Å²) in [6.07, 6.45) is -0.983. The number of benzene rings is 2. The number of ether oxygens (including phenoxy) is 1. The molecule has 1 heterocycles. The van der Waals surface area contributed by atoms with Crippen molar-refractivity contribution in [3.63, 3.8) is 0 Å². The summed E-state index contributed by atoms with van der Waals surface area (Å²) in [5.41, 5.74) is 2.09. The second-order valence-corrected chi connectivity index (χ2v) is 6.66. The number of hydrogen-bond acceptors (Lipinski definition) is 4. The van der Waals surface area contributed by atoms with E-state index in [1.165, 1.54) is 19.1 Å². The van der Waals surface area contributed by atoms with Gasteiger partial charge in [0.05, 0.1) is 0 Å². The van der Waals surface area contributed by atoms with Crippen molar-refractivity contribution in [2.75, 3.05) is 0 Å². The molecule has 2 N–H and O–H groups in total. The minimum Gasteiger partial charge on any atom is -0.507 e. The molecule has 2 aromatic carbocycles. The quantitative estimate of drug-likeness (QED) is 0.502. The van der Waals surface area contributed by atoms with Crippen LogP contribution in [0.5, 0.6) is 5.75 Å². The molecule has 6 heteroatoms. The van der Waals surface area contributed by atoms with E-state index >= 15 is 0 Å². The molecule has 0 aliphatic heterocycles. The summed E-state index contributed by atoms with van der Waals surface area (Å²) >= 11 is 3.24. The molecule has 128 valence electrons. The number of para-hydroxylation sites is 1. The van der Waals surface area contributed by atoms with Gasteiger partial charge in [-0.3, -0.25) is 4.79 Å². The van der Waals surface area contributed by atoms with Gasteiger partial charge in [-0.05, 0) is 38.1 Å². The number of rotatable bonds is 4. The van der Waals surface area contributed by atoms with Gasteiger partial charge in [-0.2, -0.15) is 0 Å². The molecule has 1 atom stereocenters. The van der Waals surface area contributed by atoms with E-state index in [2.05, 4.69) is 20.9 Å². The molecule has 0 aliphatic carbocycles. The van der Waals surface area contributed by atoms with Crippen LogP contribution in [-0.2, 0) is 4.74 Å². The molecule has 0 saturated heterocycles. The number of aromatic hydroxyl groups is 1. The summed E-state index contributed by atoms with van der Waals surface area (Å²) in [5.74, 6) is -1.24. The molecular weight excluding hydrogens is 386 g/mol. The summed E-state index contributed by atoms with van der Waals surface area (Å²) < 4.78 is 5.91. The van der Waals surface area contributed by atoms with Crippen molar-refractivity contribution in [2.24, 2.45) is 0 Å². The lowest BCUT2D eigenvalue weighted by atomic mass is 10.0. The zero-order valence-electron chi connectivity index (χ0n) is 13.7. The SMILES string of the molecule is Cc1[nH]c2ccccc2c1C(=O)[C@H](C)OC(=O)c1cc(Br)ccc1O. The van der Waals surface area contributed by atoms with E-state index in [4.69, 9.17) is 4.74 Å². The summed E-state index contributed by atoms with van der Waals surface area (Å²) in [6.45, 7) is 3.33. The van der Waals surface area contributed by atoms with Gasteiger partial charge in [-0.15, -0.1) is 0 Å². The van der Waals surface area contributed by atoms with E-state index in [9.17, 15) is 14.7 Å². The number of hydrogen-bond donors (Lipinski definition) is 2. The zero-order valence-corrected chi connectivity index (χ0v) is 15.3. The van der Waals surface area contributed by atoms with Crippen LogP contribution in [0.1, 0.15) is 33.3 Å². The number of aryl methyl sites for hydroxylation is 1. The molecular formula is C19H16BrNO4. The lowest BCUT2D eigenvalue weighted by Gasteiger charge is -2.13. The third-order valence-electron chi connectivity index (χ3n) is 3.97. The minimum absolute atomic E-state index is 0.00433. The second kappa shape index (κ2) is 6.72. The average molecular weight is 402 g/mol. The Labute approximate surface area is 152 Å². The molecule has 5 nitrogen and oxygen atoms in total. The maximum atomic E-state index is 12.8. The maximum Gasteiger partial charge on any atom is 0.342 e. The normalized spacial score (nSPS) is 12.1. The molecule has 0 saturated carbocycles. The first kappa shape index (κ1) is 17.2. The maximum absolute atomic E-state index is 12.8. The number of halogens is 1. The summed E-state index contributed by atoms with van der Waals surface area (Å²) in [5, 5.41) is 10.6. The van der Waals surface area contributed by atoms with Gasteiger partial charge in [-0.25, -0.2) is 4.79 Å². The molecule has 0 fully saturated rings. The minimum atomic E-state index is -0.983. The third-order valence-corrected chi connectivity index (χ3v) is 4.46. The number of Topliss-reactive ketones (excluding diaryl/α,β-unsaturated/α-hetero) is 1. The molecule has 0 radical (unpaired) electrons. The van der Waals surface area contributed by atoms with Crippen LogP contribution in [0.4, 0.5) is 0 Å². The monoisotopic (exact) mass is 401 g/mol. The molecule has 25 heavy (non-hydrogen) atoms. The molecule has 3 aromatic rings. The number of phenols is 1. The van der Waals surface area contributed by atoms with Gasteiger partial charge in [-0.1, -0.05) is 34.1 Å². The van der Waals surface area contributed by atoms with Crippen LogP contribution in [0.25, 0.3) is 10.9 Å². The lowest BCUT2D eigenvalue weighted by molar-refractivity contribution is 0.0316. The summed E-state index contributed by atoms with van der Waals surface area (Å²) in [7, 11) is 0. The number of aromatic nitrogens is 1. The highest BCUT2D eigenvalue weighted by Gasteiger charge is 2.25. The Morgan fingerprint density at radius 3 is 2.68 bits per heavy atom. The van der Waals surface area contributed by atoms with Crippen molar-refractivity contribution < 1.29 is 19.4 Å². The molecule has 0 unspecified atom stereocenters. The second-order valence-electron chi connectivity index (χ2n) is 5.74. The van der Waals surface area contributed by atoms with E-state index in [-0.39, 0.29) is 17.1 Å². The van der Waals surface area contributed by atoms with Crippen molar-refractivity contribution in [1.29, 1.82) is 0 Å². The Balaban J connectivity index is 1.86. The third kappa shape index (κ3) is 3.30. The average Bonchev–Trinajstić information content (AvgIpc) is 2.91. The zero-order chi connectivity index (χ0) is 18.1. The molecule has 0 aliphatic rings. The Morgan fingerprint density at radius 1 is 1.20 bits per heavy atom. The van der Waals surface area contributed by atoms with E-state index in [1.807, 2.05) is 31.2 Å². The van der Waals surface area contributed by atoms with Crippen LogP contribution >= 0.6 is 15.9 Å². The smallest absolute Gasteiger partial charge is 0.342 e. The van der Waals surface area contributed by atoms with Crippen LogP contribution in [0, 0.1) is 6.92 Å². The molecule has 0 bridgehead atoms. The van der Waals surface area contributed by atoms with Crippen LogP contribution in [0.2, 0.25) is 0 Å². The van der Waals surface area contributed by atoms with Crippen molar-refractivity contribution in [3.05, 3.63) is 63.8 Å². The number of phenolic OH excluding ortho intramolecular Hbond substituents is 1. The van der Waals surface area contributed by atoms with Gasteiger partial charge in [0, 0.05) is 26.6 Å². The first-order valence-electron chi connectivity index (χ1n) is 7.69. The predicted molar refractivity (Wildman–Crippen MR) is 98.1 cm³/mol. The first-order valence-corrected chi connectivity index (χ1v) is 8.49. The van der Waals surface area contributed by atoms with Crippen LogP contribution in [0.15, 0.2) is 46.9 Å². The molecule has 0 amide bonds. The number of esters is 1. The fraction of sp³-hybridized carbons (Fsp3) is 0.158. The van der Waals surface area contributed by atoms with Crippen LogP contribution in [0.3, 0.4) is 0 Å². The Kier molecular flexibility index (Phi) is 4.63. The fourth-order valence-electron chi connectivity index (χ4n) is 2.75. The Hall–Kier alpha value is -2.60. The van der Waals surface area contributed by atoms with Gasteiger partial charge in [0.25, 0.3) is 0 Å². The van der Waals surface area contributed by atoms with Crippen molar-refractivity contribution in [2.45, 2.75) is 20.0 Å². The number of carbonyl (C=O) groups excluding carboxylic acids is 2. The number of carbonyl (C=O) groups is 2. The van der Waals surface area contributed by atoms with E-state index in [1.54, 1.807) is 6.07 Å². The fourth-order valence-corrected chi connectivity index (χ4v) is 3.11. The predicted octanol–water partition coefficient (Wildman–Crippen LogP) is 4.37. The topological polar surface area (TPSA) is 79.4 Å². The lowest BCUT2D eigenvalue weighted by Crippen LogP contribution is -2.25. The number of fused-ring (bicyclic) bond motifs is 1. The van der Waals surface area contributed by atoms with Crippen molar-refractivity contribution in [1.82, 2.24) is 4.98 Å². The van der Waals surface area contributed by atoms with E-state index < -0.39 is 12.1 Å². The summed E-state index contributed by atoms with van der Waals surface area (Å²) in [4.78, 5) is 28.2. The highest BCUT2D eigenvalue weighted by Crippen LogP contribution is 2.26. The molecule has 3 rings (SSSR count). The highest BCUT2D eigenvalue weighted by molar-refractivity contribution is 9.10. The number of aromatic amines is 1.